The van der Waals surface area contributed by atoms with Gasteiger partial charge in [-0.3, -0.25) is 9.69 Å². The molecule has 6 heteroatoms. The molecule has 0 saturated carbocycles. The molecule has 1 aliphatic heterocycles. The molecule has 1 saturated heterocycles. The highest BCUT2D eigenvalue weighted by atomic mass is 16.5. The summed E-state index contributed by atoms with van der Waals surface area (Å²) in [4.78, 5) is 17.7. The Morgan fingerprint density at radius 1 is 1.40 bits per heavy atom. The number of hydrogen-bond donors (Lipinski definition) is 1. The van der Waals surface area contributed by atoms with Gasteiger partial charge in [-0.05, 0) is 38.8 Å². The summed E-state index contributed by atoms with van der Waals surface area (Å²) < 4.78 is 5.36. The average Bonchev–Trinajstić information content (AvgIpc) is 2.88. The molecule has 6 nitrogen and oxygen atoms in total. The number of likely N-dealkylation sites (tertiary alicyclic amines) is 1. The topological polar surface area (TPSA) is 85.3 Å². The number of aromatic nitrogens is 2. The van der Waals surface area contributed by atoms with Crippen molar-refractivity contribution in [1.82, 2.24) is 15.0 Å². The maximum Gasteiger partial charge on any atom is 0.243 e. The summed E-state index contributed by atoms with van der Waals surface area (Å²) in [5.74, 6) is 1.94. The van der Waals surface area contributed by atoms with Crippen LogP contribution in [-0.2, 0) is 4.79 Å². The summed E-state index contributed by atoms with van der Waals surface area (Å²) >= 11 is 0. The highest BCUT2D eigenvalue weighted by Gasteiger charge is 2.27. The summed E-state index contributed by atoms with van der Waals surface area (Å²) in [5.41, 5.74) is 5.25. The molecule has 2 rings (SSSR count). The Hall–Kier alpha value is -1.43. The fourth-order valence-corrected chi connectivity index (χ4v) is 2.64. The maximum absolute atomic E-state index is 10.9. The van der Waals surface area contributed by atoms with Crippen LogP contribution in [0.5, 0.6) is 0 Å². The van der Waals surface area contributed by atoms with E-state index in [-0.39, 0.29) is 17.9 Å². The molecular weight excluding hydrogens is 256 g/mol. The van der Waals surface area contributed by atoms with Gasteiger partial charge in [0, 0.05) is 12.3 Å². The SMILES string of the molecule is CC(C)c1noc([C@H](C)N2CCC(CC(N)=O)CC2)n1. The van der Waals surface area contributed by atoms with Crippen LogP contribution in [-0.4, -0.2) is 34.0 Å². The highest BCUT2D eigenvalue weighted by Crippen LogP contribution is 2.27. The van der Waals surface area contributed by atoms with Crippen LogP contribution in [0.1, 0.15) is 63.7 Å². The molecule has 0 aromatic carbocycles. The number of carbonyl (C=O) groups excluding carboxylic acids is 1. The quantitative estimate of drug-likeness (QED) is 0.889. The van der Waals surface area contributed by atoms with Crippen molar-refractivity contribution in [2.45, 2.75) is 52.0 Å². The smallest absolute Gasteiger partial charge is 0.243 e. The molecule has 0 spiro atoms. The Morgan fingerprint density at radius 3 is 2.55 bits per heavy atom. The largest absolute Gasteiger partial charge is 0.370 e. The van der Waals surface area contributed by atoms with Crippen molar-refractivity contribution >= 4 is 5.91 Å². The Balaban J connectivity index is 1.90. The molecule has 0 unspecified atom stereocenters. The van der Waals surface area contributed by atoms with Crippen LogP contribution in [0.2, 0.25) is 0 Å². The lowest BCUT2D eigenvalue weighted by molar-refractivity contribution is -0.119. The Morgan fingerprint density at radius 2 is 2.05 bits per heavy atom. The molecular formula is C14H24N4O2. The van der Waals surface area contributed by atoms with E-state index in [0.717, 1.165) is 31.8 Å². The number of primary amides is 1. The van der Waals surface area contributed by atoms with E-state index in [1.165, 1.54) is 0 Å². The van der Waals surface area contributed by atoms with Gasteiger partial charge in [0.15, 0.2) is 5.82 Å². The molecule has 1 aromatic heterocycles. The monoisotopic (exact) mass is 280 g/mol. The number of nitrogens with two attached hydrogens (primary N) is 1. The standard InChI is InChI=1S/C14H24N4O2/c1-9(2)13-16-14(20-17-13)10(3)18-6-4-11(5-7-18)8-12(15)19/h9-11H,4-8H2,1-3H3,(H2,15,19)/t10-/m0/s1. The summed E-state index contributed by atoms with van der Waals surface area (Å²) in [5, 5.41) is 4.01. The van der Waals surface area contributed by atoms with Crippen molar-refractivity contribution in [3.63, 3.8) is 0 Å². The lowest BCUT2D eigenvalue weighted by Gasteiger charge is -2.34. The normalized spacial score (nSPS) is 19.4. The van der Waals surface area contributed by atoms with Crippen LogP contribution < -0.4 is 5.73 Å². The second-order valence-electron chi connectivity index (χ2n) is 5.97. The number of amides is 1. The van der Waals surface area contributed by atoms with E-state index in [2.05, 4.69) is 35.8 Å². The van der Waals surface area contributed by atoms with Gasteiger partial charge in [0.05, 0.1) is 6.04 Å². The van der Waals surface area contributed by atoms with Gasteiger partial charge in [-0.15, -0.1) is 0 Å². The van der Waals surface area contributed by atoms with Gasteiger partial charge in [0.1, 0.15) is 0 Å². The first-order chi connectivity index (χ1) is 9.47. The van der Waals surface area contributed by atoms with E-state index in [4.69, 9.17) is 10.3 Å². The lowest BCUT2D eigenvalue weighted by atomic mass is 9.92. The van der Waals surface area contributed by atoms with Gasteiger partial charge in [-0.2, -0.15) is 4.98 Å². The average molecular weight is 280 g/mol. The summed E-state index contributed by atoms with van der Waals surface area (Å²) in [6, 6.07) is 0.129. The third kappa shape index (κ3) is 3.56. The van der Waals surface area contributed by atoms with Crippen LogP contribution in [0.25, 0.3) is 0 Å². The van der Waals surface area contributed by atoms with Gasteiger partial charge in [-0.25, -0.2) is 0 Å². The van der Waals surface area contributed by atoms with E-state index < -0.39 is 0 Å². The van der Waals surface area contributed by atoms with Gasteiger partial charge in [0.2, 0.25) is 11.8 Å². The molecule has 2 N–H and O–H groups in total. The summed E-state index contributed by atoms with van der Waals surface area (Å²) in [6.45, 7) is 8.08. The molecule has 20 heavy (non-hydrogen) atoms. The molecule has 0 radical (unpaired) electrons. The number of nitrogens with zero attached hydrogens (tertiary/aromatic N) is 3. The zero-order valence-electron chi connectivity index (χ0n) is 12.5. The second kappa shape index (κ2) is 6.35. The Bertz CT molecular complexity index is 450. The van der Waals surface area contributed by atoms with Gasteiger partial charge >= 0.3 is 0 Å². The Labute approximate surface area is 119 Å². The van der Waals surface area contributed by atoms with Crippen LogP contribution >= 0.6 is 0 Å². The first-order valence-electron chi connectivity index (χ1n) is 7.33. The minimum absolute atomic E-state index is 0.129. The van der Waals surface area contributed by atoms with Crippen LogP contribution in [0.3, 0.4) is 0 Å². The van der Waals surface area contributed by atoms with Gasteiger partial charge in [0.25, 0.3) is 0 Å². The number of hydrogen-bond acceptors (Lipinski definition) is 5. The summed E-state index contributed by atoms with van der Waals surface area (Å²) in [6.07, 6.45) is 2.50. The van der Waals surface area contributed by atoms with E-state index in [1.807, 2.05) is 0 Å². The van der Waals surface area contributed by atoms with Crippen molar-refractivity contribution in [3.8, 4) is 0 Å². The van der Waals surface area contributed by atoms with Crippen LogP contribution in [0, 0.1) is 5.92 Å². The second-order valence-corrected chi connectivity index (χ2v) is 5.97. The number of piperidine rings is 1. The minimum Gasteiger partial charge on any atom is -0.370 e. The van der Waals surface area contributed by atoms with E-state index in [1.54, 1.807) is 0 Å². The van der Waals surface area contributed by atoms with E-state index >= 15 is 0 Å². The molecule has 1 amide bonds. The number of rotatable bonds is 5. The van der Waals surface area contributed by atoms with E-state index in [9.17, 15) is 4.79 Å². The first-order valence-corrected chi connectivity index (χ1v) is 7.33. The molecule has 112 valence electrons. The minimum atomic E-state index is -0.199. The molecule has 0 aliphatic carbocycles. The zero-order chi connectivity index (χ0) is 14.7. The zero-order valence-corrected chi connectivity index (χ0v) is 12.5. The molecule has 1 atom stereocenters. The fourth-order valence-electron chi connectivity index (χ4n) is 2.64. The van der Waals surface area contributed by atoms with Crippen molar-refractivity contribution in [2.75, 3.05) is 13.1 Å². The van der Waals surface area contributed by atoms with Crippen LogP contribution in [0.4, 0.5) is 0 Å². The fraction of sp³-hybridized carbons (Fsp3) is 0.786. The molecule has 1 aliphatic rings. The lowest BCUT2D eigenvalue weighted by Crippen LogP contribution is -2.36. The molecule has 1 aromatic rings. The third-order valence-corrected chi connectivity index (χ3v) is 4.02. The third-order valence-electron chi connectivity index (χ3n) is 4.02. The maximum atomic E-state index is 10.9. The van der Waals surface area contributed by atoms with Crippen molar-refractivity contribution in [1.29, 1.82) is 0 Å². The molecule has 2 heterocycles. The van der Waals surface area contributed by atoms with Crippen molar-refractivity contribution in [3.05, 3.63) is 11.7 Å². The van der Waals surface area contributed by atoms with Gasteiger partial charge < -0.3 is 10.3 Å². The van der Waals surface area contributed by atoms with E-state index in [0.29, 0.717) is 18.2 Å². The first kappa shape index (κ1) is 15.0. The Kier molecular flexibility index (Phi) is 4.75. The van der Waals surface area contributed by atoms with Gasteiger partial charge in [-0.1, -0.05) is 19.0 Å². The summed E-state index contributed by atoms with van der Waals surface area (Å²) in [7, 11) is 0. The van der Waals surface area contributed by atoms with Crippen molar-refractivity contribution in [2.24, 2.45) is 11.7 Å². The number of carbonyl (C=O) groups is 1. The predicted molar refractivity (Wildman–Crippen MR) is 74.9 cm³/mol. The highest BCUT2D eigenvalue weighted by molar-refractivity contribution is 5.73. The predicted octanol–water partition coefficient (Wildman–Crippen LogP) is 1.84. The molecule has 0 bridgehead atoms. The molecule has 1 fully saturated rings. The van der Waals surface area contributed by atoms with Crippen LogP contribution in [0.15, 0.2) is 4.52 Å². The van der Waals surface area contributed by atoms with Crippen molar-refractivity contribution < 1.29 is 9.32 Å².